The standard InChI is InChI=1S/C10H11F3N6O/c1-5-16-8(20-19-5)4-15-7-3-6(14-2)17-9(18-7)10(11,12)13/h3H,4H2,1-2H3,(H2,14,15,17,18). The zero-order valence-electron chi connectivity index (χ0n) is 10.6. The molecular weight excluding hydrogens is 277 g/mol. The average molecular weight is 288 g/mol. The number of aromatic nitrogens is 4. The second-order valence-electron chi connectivity index (χ2n) is 3.80. The van der Waals surface area contributed by atoms with E-state index in [1.807, 2.05) is 0 Å². The molecule has 0 aliphatic rings. The highest BCUT2D eigenvalue weighted by Crippen LogP contribution is 2.28. The number of anilines is 2. The number of aryl methyl sites for hydroxylation is 1. The van der Waals surface area contributed by atoms with Crippen LogP contribution in [0.25, 0.3) is 0 Å². The van der Waals surface area contributed by atoms with E-state index in [-0.39, 0.29) is 24.1 Å². The molecular formula is C10H11F3N6O. The molecule has 0 aliphatic carbocycles. The highest BCUT2D eigenvalue weighted by molar-refractivity contribution is 5.47. The minimum Gasteiger partial charge on any atom is -0.373 e. The van der Waals surface area contributed by atoms with E-state index in [1.165, 1.54) is 13.1 Å². The summed E-state index contributed by atoms with van der Waals surface area (Å²) in [4.78, 5) is 10.7. The van der Waals surface area contributed by atoms with E-state index in [4.69, 9.17) is 4.52 Å². The van der Waals surface area contributed by atoms with Crippen LogP contribution in [0.2, 0.25) is 0 Å². The van der Waals surface area contributed by atoms with Gasteiger partial charge in [0.05, 0.1) is 6.54 Å². The Morgan fingerprint density at radius 1 is 1.20 bits per heavy atom. The van der Waals surface area contributed by atoms with Crippen molar-refractivity contribution in [2.24, 2.45) is 0 Å². The van der Waals surface area contributed by atoms with Crippen molar-refractivity contribution in [3.8, 4) is 0 Å². The summed E-state index contributed by atoms with van der Waals surface area (Å²) >= 11 is 0. The number of hydrogen-bond donors (Lipinski definition) is 2. The molecule has 0 aliphatic heterocycles. The van der Waals surface area contributed by atoms with Gasteiger partial charge in [-0.25, -0.2) is 9.97 Å². The third kappa shape index (κ3) is 3.33. The Morgan fingerprint density at radius 3 is 2.45 bits per heavy atom. The van der Waals surface area contributed by atoms with E-state index >= 15 is 0 Å². The Bertz CT molecular complexity index is 597. The van der Waals surface area contributed by atoms with Gasteiger partial charge in [-0.1, -0.05) is 5.16 Å². The fourth-order valence-electron chi connectivity index (χ4n) is 1.37. The van der Waals surface area contributed by atoms with Crippen LogP contribution in [0.1, 0.15) is 17.5 Å². The zero-order chi connectivity index (χ0) is 14.8. The van der Waals surface area contributed by atoms with E-state index < -0.39 is 12.0 Å². The van der Waals surface area contributed by atoms with Gasteiger partial charge in [0.2, 0.25) is 11.7 Å². The van der Waals surface area contributed by atoms with Crippen molar-refractivity contribution in [1.29, 1.82) is 0 Å². The monoisotopic (exact) mass is 288 g/mol. The molecule has 10 heteroatoms. The van der Waals surface area contributed by atoms with Crippen LogP contribution in [0.3, 0.4) is 0 Å². The Kier molecular flexibility index (Phi) is 3.72. The summed E-state index contributed by atoms with van der Waals surface area (Å²) in [5.74, 6) is -0.477. The van der Waals surface area contributed by atoms with Crippen LogP contribution < -0.4 is 10.6 Å². The first-order valence-electron chi connectivity index (χ1n) is 5.55. The third-order valence-corrected chi connectivity index (χ3v) is 2.23. The van der Waals surface area contributed by atoms with Crippen LogP contribution >= 0.6 is 0 Å². The van der Waals surface area contributed by atoms with Gasteiger partial charge < -0.3 is 15.2 Å². The topological polar surface area (TPSA) is 88.8 Å². The smallest absolute Gasteiger partial charge is 0.373 e. The van der Waals surface area contributed by atoms with Crippen LogP contribution in [-0.2, 0) is 12.7 Å². The van der Waals surface area contributed by atoms with Crippen LogP contribution in [0.4, 0.5) is 24.8 Å². The van der Waals surface area contributed by atoms with Crippen LogP contribution in [-0.4, -0.2) is 27.2 Å². The lowest BCUT2D eigenvalue weighted by Crippen LogP contribution is -2.14. The summed E-state index contributed by atoms with van der Waals surface area (Å²) in [6.45, 7) is 1.71. The second-order valence-corrected chi connectivity index (χ2v) is 3.80. The van der Waals surface area contributed by atoms with E-state index in [0.29, 0.717) is 5.82 Å². The quantitative estimate of drug-likeness (QED) is 0.887. The lowest BCUT2D eigenvalue weighted by atomic mass is 10.4. The number of nitrogens with one attached hydrogen (secondary N) is 2. The van der Waals surface area contributed by atoms with E-state index in [0.717, 1.165) is 0 Å². The van der Waals surface area contributed by atoms with Crippen molar-refractivity contribution in [2.75, 3.05) is 17.7 Å². The molecule has 2 aromatic heterocycles. The molecule has 0 saturated heterocycles. The van der Waals surface area contributed by atoms with E-state index in [2.05, 4.69) is 30.7 Å². The maximum absolute atomic E-state index is 12.6. The first-order valence-corrected chi connectivity index (χ1v) is 5.55. The van der Waals surface area contributed by atoms with Crippen LogP contribution in [0.5, 0.6) is 0 Å². The van der Waals surface area contributed by atoms with Gasteiger partial charge in [-0.15, -0.1) is 0 Å². The first-order chi connectivity index (χ1) is 9.38. The first kappa shape index (κ1) is 14.0. The fraction of sp³-hybridized carbons (Fsp3) is 0.400. The van der Waals surface area contributed by atoms with Crippen LogP contribution in [0.15, 0.2) is 10.6 Å². The lowest BCUT2D eigenvalue weighted by molar-refractivity contribution is -0.144. The highest BCUT2D eigenvalue weighted by Gasteiger charge is 2.35. The predicted octanol–water partition coefficient (Wildman–Crippen LogP) is 1.84. The molecule has 2 N–H and O–H groups in total. The Morgan fingerprint density at radius 2 is 1.90 bits per heavy atom. The molecule has 108 valence electrons. The summed E-state index contributed by atoms with van der Waals surface area (Å²) < 4.78 is 42.7. The van der Waals surface area contributed by atoms with Gasteiger partial charge >= 0.3 is 6.18 Å². The van der Waals surface area contributed by atoms with E-state index in [1.54, 1.807) is 6.92 Å². The molecule has 0 fully saturated rings. The van der Waals surface area contributed by atoms with Crippen molar-refractivity contribution in [1.82, 2.24) is 20.1 Å². The molecule has 2 heterocycles. The molecule has 0 atom stereocenters. The number of nitrogens with zero attached hydrogens (tertiary/aromatic N) is 4. The van der Waals surface area contributed by atoms with Gasteiger partial charge in [-0.3, -0.25) is 0 Å². The lowest BCUT2D eigenvalue weighted by Gasteiger charge is -2.10. The van der Waals surface area contributed by atoms with Crippen molar-refractivity contribution < 1.29 is 17.7 Å². The van der Waals surface area contributed by atoms with Crippen molar-refractivity contribution in [3.05, 3.63) is 23.6 Å². The zero-order valence-corrected chi connectivity index (χ0v) is 10.6. The number of hydrogen-bond acceptors (Lipinski definition) is 7. The molecule has 2 rings (SSSR count). The minimum atomic E-state index is -4.62. The van der Waals surface area contributed by atoms with Gasteiger partial charge in [0.25, 0.3) is 0 Å². The van der Waals surface area contributed by atoms with Gasteiger partial charge in [-0.05, 0) is 6.92 Å². The summed E-state index contributed by atoms with van der Waals surface area (Å²) in [6, 6.07) is 1.35. The highest BCUT2D eigenvalue weighted by atomic mass is 19.4. The van der Waals surface area contributed by atoms with E-state index in [9.17, 15) is 13.2 Å². The normalized spacial score (nSPS) is 11.4. The molecule has 0 radical (unpaired) electrons. The van der Waals surface area contributed by atoms with Crippen molar-refractivity contribution >= 4 is 11.6 Å². The average Bonchev–Trinajstić information content (AvgIpc) is 2.81. The third-order valence-electron chi connectivity index (χ3n) is 2.23. The van der Waals surface area contributed by atoms with Crippen molar-refractivity contribution in [3.63, 3.8) is 0 Å². The molecule has 20 heavy (non-hydrogen) atoms. The SMILES string of the molecule is CNc1cc(NCc2nc(C)no2)nc(C(F)(F)F)n1. The Balaban J connectivity index is 2.18. The summed E-state index contributed by atoms with van der Waals surface area (Å²) in [6.07, 6.45) is -4.62. The molecule has 0 saturated carbocycles. The van der Waals surface area contributed by atoms with Gasteiger partial charge in [0, 0.05) is 13.1 Å². The van der Waals surface area contributed by atoms with Gasteiger partial charge in [0.1, 0.15) is 11.6 Å². The second kappa shape index (κ2) is 5.31. The molecule has 2 aromatic rings. The summed E-state index contributed by atoms with van der Waals surface area (Å²) in [5, 5.41) is 8.78. The molecule has 0 unspecified atom stereocenters. The maximum atomic E-state index is 12.6. The van der Waals surface area contributed by atoms with Crippen molar-refractivity contribution in [2.45, 2.75) is 19.6 Å². The number of rotatable bonds is 4. The number of halogens is 3. The summed E-state index contributed by atoms with van der Waals surface area (Å²) in [5.41, 5.74) is 0. The predicted molar refractivity (Wildman–Crippen MR) is 62.9 cm³/mol. The van der Waals surface area contributed by atoms with Gasteiger partial charge in [0.15, 0.2) is 5.82 Å². The fourth-order valence-corrected chi connectivity index (χ4v) is 1.37. The van der Waals surface area contributed by atoms with Crippen LogP contribution in [0, 0.1) is 6.92 Å². The van der Waals surface area contributed by atoms with Gasteiger partial charge in [-0.2, -0.15) is 18.2 Å². The molecule has 0 amide bonds. The largest absolute Gasteiger partial charge is 0.451 e. The Labute approximate surface area is 111 Å². The molecule has 7 nitrogen and oxygen atoms in total. The maximum Gasteiger partial charge on any atom is 0.451 e. The Hall–Kier alpha value is -2.39. The molecule has 0 bridgehead atoms. The summed E-state index contributed by atoms with van der Waals surface area (Å²) in [7, 11) is 1.47. The minimum absolute atomic E-state index is 0.00697. The molecule has 0 aromatic carbocycles. The molecule has 0 spiro atoms. The number of alkyl halides is 3.